The molecular formula is C21H25N5O2S2. The molecule has 9 heteroatoms. The molecule has 3 N–H and O–H groups in total. The van der Waals surface area contributed by atoms with Crippen molar-refractivity contribution in [1.82, 2.24) is 10.3 Å². The lowest BCUT2D eigenvalue weighted by molar-refractivity contribution is 0.601. The molecule has 1 aliphatic rings. The minimum Gasteiger partial charge on any atom is -0.368 e. The van der Waals surface area contributed by atoms with Crippen LogP contribution in [0.15, 0.2) is 58.3 Å². The van der Waals surface area contributed by atoms with E-state index >= 15 is 0 Å². The topological polar surface area (TPSA) is 86.4 Å². The maximum Gasteiger partial charge on any atom is 0.263 e. The van der Waals surface area contributed by atoms with Gasteiger partial charge in [0, 0.05) is 30.2 Å². The number of sulfonamides is 1. The van der Waals surface area contributed by atoms with E-state index in [1.807, 2.05) is 7.05 Å². The summed E-state index contributed by atoms with van der Waals surface area (Å²) in [6.07, 6.45) is 1.11. The van der Waals surface area contributed by atoms with Crippen molar-refractivity contribution in [2.75, 3.05) is 35.1 Å². The van der Waals surface area contributed by atoms with Crippen LogP contribution in [0.1, 0.15) is 12.0 Å². The highest BCUT2D eigenvalue weighted by Crippen LogP contribution is 2.32. The van der Waals surface area contributed by atoms with Crippen LogP contribution in [0.3, 0.4) is 0 Å². The zero-order chi connectivity index (χ0) is 21.1. The van der Waals surface area contributed by atoms with Crippen molar-refractivity contribution in [1.29, 1.82) is 0 Å². The molecule has 1 unspecified atom stereocenters. The second-order valence-electron chi connectivity index (χ2n) is 7.37. The molecule has 30 heavy (non-hydrogen) atoms. The Balaban J connectivity index is 1.52. The molecule has 0 bridgehead atoms. The molecule has 0 saturated carbocycles. The van der Waals surface area contributed by atoms with E-state index in [0.717, 1.165) is 36.6 Å². The van der Waals surface area contributed by atoms with Gasteiger partial charge in [0.2, 0.25) is 0 Å². The van der Waals surface area contributed by atoms with Crippen molar-refractivity contribution in [3.05, 3.63) is 58.9 Å². The molecule has 1 saturated heterocycles. The van der Waals surface area contributed by atoms with Gasteiger partial charge in [-0.3, -0.25) is 4.72 Å². The molecule has 2 aromatic carbocycles. The van der Waals surface area contributed by atoms with E-state index < -0.39 is 10.0 Å². The number of thiazole rings is 1. The molecular weight excluding hydrogens is 418 g/mol. The highest BCUT2D eigenvalue weighted by Gasteiger charge is 2.23. The largest absolute Gasteiger partial charge is 0.368 e. The number of benzene rings is 2. The van der Waals surface area contributed by atoms with Gasteiger partial charge in [0.15, 0.2) is 5.82 Å². The quantitative estimate of drug-likeness (QED) is 0.515. The SMILES string of the molecule is CNC1CCN(c2cc(C)ccc2Nc2ccc(S(=O)(=O)Nc3cscn3)cc2)C1. The van der Waals surface area contributed by atoms with Gasteiger partial charge in [-0.15, -0.1) is 11.3 Å². The second kappa shape index (κ2) is 8.63. The lowest BCUT2D eigenvalue weighted by Gasteiger charge is -2.23. The number of nitrogens with zero attached hydrogens (tertiary/aromatic N) is 2. The molecule has 158 valence electrons. The van der Waals surface area contributed by atoms with Gasteiger partial charge in [-0.2, -0.15) is 0 Å². The van der Waals surface area contributed by atoms with Crippen LogP contribution >= 0.6 is 11.3 Å². The summed E-state index contributed by atoms with van der Waals surface area (Å²) in [5.41, 5.74) is 5.79. The van der Waals surface area contributed by atoms with E-state index in [1.165, 1.54) is 16.9 Å². The first-order chi connectivity index (χ1) is 14.4. The van der Waals surface area contributed by atoms with Crippen molar-refractivity contribution in [2.24, 2.45) is 0 Å². The molecule has 2 heterocycles. The van der Waals surface area contributed by atoms with Gasteiger partial charge in [-0.25, -0.2) is 13.4 Å². The van der Waals surface area contributed by atoms with Gasteiger partial charge in [-0.05, 0) is 62.4 Å². The van der Waals surface area contributed by atoms with Crippen LogP contribution in [0.25, 0.3) is 0 Å². The molecule has 4 rings (SSSR count). The zero-order valence-electron chi connectivity index (χ0n) is 16.9. The molecule has 0 amide bonds. The fourth-order valence-corrected chi connectivity index (χ4v) is 5.11. The maximum absolute atomic E-state index is 12.5. The lowest BCUT2D eigenvalue weighted by atomic mass is 10.1. The number of hydrogen-bond donors (Lipinski definition) is 3. The van der Waals surface area contributed by atoms with Gasteiger partial charge >= 0.3 is 0 Å². The Morgan fingerprint density at radius 1 is 1.17 bits per heavy atom. The van der Waals surface area contributed by atoms with Crippen LogP contribution in [-0.4, -0.2) is 39.6 Å². The highest BCUT2D eigenvalue weighted by molar-refractivity contribution is 7.92. The Labute approximate surface area is 181 Å². The predicted octanol–water partition coefficient (Wildman–Crippen LogP) is 3.79. The number of aryl methyl sites for hydroxylation is 1. The third kappa shape index (κ3) is 4.58. The van der Waals surface area contributed by atoms with E-state index in [9.17, 15) is 8.42 Å². The smallest absolute Gasteiger partial charge is 0.263 e. The molecule has 0 aliphatic carbocycles. The summed E-state index contributed by atoms with van der Waals surface area (Å²) in [6.45, 7) is 4.06. The monoisotopic (exact) mass is 443 g/mol. The Hall–Kier alpha value is -2.62. The van der Waals surface area contributed by atoms with Crippen LogP contribution in [0, 0.1) is 6.92 Å². The van der Waals surface area contributed by atoms with Crippen LogP contribution in [0.2, 0.25) is 0 Å². The number of rotatable bonds is 7. The van der Waals surface area contributed by atoms with Crippen molar-refractivity contribution in [2.45, 2.75) is 24.3 Å². The van der Waals surface area contributed by atoms with E-state index in [1.54, 1.807) is 35.2 Å². The Kier molecular flexibility index (Phi) is 5.94. The molecule has 0 spiro atoms. The zero-order valence-corrected chi connectivity index (χ0v) is 18.6. The highest BCUT2D eigenvalue weighted by atomic mass is 32.2. The standard InChI is InChI=1S/C21H25N5O2S2/c1-15-3-8-19(20(11-15)26-10-9-17(12-26)22-2)24-16-4-6-18(7-5-16)30(27,28)25-21-13-29-14-23-21/h3-8,11,13-14,17,22,24-25H,9-10,12H2,1-2H3. The van der Waals surface area contributed by atoms with E-state index in [2.05, 4.69) is 50.4 Å². The predicted molar refractivity (Wildman–Crippen MR) is 124 cm³/mol. The van der Waals surface area contributed by atoms with Gasteiger partial charge in [0.05, 0.1) is 21.8 Å². The first-order valence-electron chi connectivity index (χ1n) is 9.75. The fraction of sp³-hybridized carbons (Fsp3) is 0.286. The molecule has 1 fully saturated rings. The van der Waals surface area contributed by atoms with Gasteiger partial charge in [-0.1, -0.05) is 6.07 Å². The number of anilines is 4. The molecule has 1 aromatic heterocycles. The normalized spacial score (nSPS) is 16.6. The summed E-state index contributed by atoms with van der Waals surface area (Å²) in [4.78, 5) is 6.55. The minimum absolute atomic E-state index is 0.196. The maximum atomic E-state index is 12.5. The van der Waals surface area contributed by atoms with E-state index in [0.29, 0.717) is 11.9 Å². The summed E-state index contributed by atoms with van der Waals surface area (Å²) in [5.74, 6) is 0.331. The summed E-state index contributed by atoms with van der Waals surface area (Å²) in [6, 6.07) is 13.6. The fourth-order valence-electron chi connectivity index (χ4n) is 3.56. The molecule has 1 aliphatic heterocycles. The van der Waals surface area contributed by atoms with E-state index in [4.69, 9.17) is 0 Å². The van der Waals surface area contributed by atoms with Crippen LogP contribution in [0.4, 0.5) is 22.9 Å². The molecule has 0 radical (unpaired) electrons. The lowest BCUT2D eigenvalue weighted by Crippen LogP contribution is -2.29. The van der Waals surface area contributed by atoms with Gasteiger partial charge in [0.1, 0.15) is 0 Å². The first kappa shape index (κ1) is 20.6. The molecule has 7 nitrogen and oxygen atoms in total. The van der Waals surface area contributed by atoms with Crippen LogP contribution < -0.4 is 20.3 Å². The Morgan fingerprint density at radius 2 is 1.97 bits per heavy atom. The van der Waals surface area contributed by atoms with Crippen molar-refractivity contribution >= 4 is 44.2 Å². The van der Waals surface area contributed by atoms with Gasteiger partial charge < -0.3 is 15.5 Å². The van der Waals surface area contributed by atoms with Gasteiger partial charge in [0.25, 0.3) is 10.0 Å². The van der Waals surface area contributed by atoms with Crippen LogP contribution in [-0.2, 0) is 10.0 Å². The summed E-state index contributed by atoms with van der Waals surface area (Å²) >= 11 is 1.34. The summed E-state index contributed by atoms with van der Waals surface area (Å²) in [5, 5.41) is 8.46. The van der Waals surface area contributed by atoms with Crippen molar-refractivity contribution in [3.8, 4) is 0 Å². The Morgan fingerprint density at radius 3 is 2.63 bits per heavy atom. The number of hydrogen-bond acceptors (Lipinski definition) is 7. The van der Waals surface area contributed by atoms with Crippen molar-refractivity contribution < 1.29 is 8.42 Å². The average molecular weight is 444 g/mol. The third-order valence-corrected chi connectivity index (χ3v) is 7.16. The van der Waals surface area contributed by atoms with Crippen LogP contribution in [0.5, 0.6) is 0 Å². The Bertz CT molecular complexity index is 1100. The second-order valence-corrected chi connectivity index (χ2v) is 9.77. The molecule has 1 atom stereocenters. The minimum atomic E-state index is -3.66. The number of aromatic nitrogens is 1. The molecule has 3 aromatic rings. The number of nitrogens with one attached hydrogen (secondary N) is 3. The number of likely N-dealkylation sites (N-methyl/N-ethyl adjacent to an activating group) is 1. The average Bonchev–Trinajstić information content (AvgIpc) is 3.41. The van der Waals surface area contributed by atoms with E-state index in [-0.39, 0.29) is 4.90 Å². The summed E-state index contributed by atoms with van der Waals surface area (Å²) < 4.78 is 27.5. The van der Waals surface area contributed by atoms with Crippen molar-refractivity contribution in [3.63, 3.8) is 0 Å². The summed E-state index contributed by atoms with van der Waals surface area (Å²) in [7, 11) is -1.66. The first-order valence-corrected chi connectivity index (χ1v) is 12.2. The third-order valence-electron chi connectivity index (χ3n) is 5.21.